The van der Waals surface area contributed by atoms with Crippen molar-refractivity contribution in [2.45, 2.75) is 25.9 Å². The summed E-state index contributed by atoms with van der Waals surface area (Å²) in [6.45, 7) is 4.19. The number of carbonyl (C=O) groups is 2. The van der Waals surface area contributed by atoms with Gasteiger partial charge in [-0.25, -0.2) is 15.0 Å². The van der Waals surface area contributed by atoms with Gasteiger partial charge in [0.25, 0.3) is 5.91 Å². The summed E-state index contributed by atoms with van der Waals surface area (Å²) in [5.74, 6) is -0.393. The summed E-state index contributed by atoms with van der Waals surface area (Å²) in [7, 11) is 0. The second-order valence-corrected chi connectivity index (χ2v) is 7.78. The van der Waals surface area contributed by atoms with E-state index in [1.54, 1.807) is 24.7 Å². The van der Waals surface area contributed by atoms with Crippen LogP contribution >= 0.6 is 11.3 Å². The maximum atomic E-state index is 12.9. The molecule has 0 bridgehead atoms. The second kappa shape index (κ2) is 8.80. The van der Waals surface area contributed by atoms with E-state index in [4.69, 9.17) is 10.5 Å². The summed E-state index contributed by atoms with van der Waals surface area (Å²) in [6, 6.07) is 0. The number of carbonyl (C=O) groups excluding carboxylic acids is 2. The summed E-state index contributed by atoms with van der Waals surface area (Å²) in [6.07, 6.45) is 0.0964. The van der Waals surface area contributed by atoms with E-state index in [-0.39, 0.29) is 49.6 Å². The van der Waals surface area contributed by atoms with Crippen molar-refractivity contribution < 1.29 is 19.4 Å². The lowest BCUT2D eigenvalue weighted by atomic mass is 10.0. The molecule has 1 aliphatic rings. The van der Waals surface area contributed by atoms with Crippen molar-refractivity contribution in [1.29, 1.82) is 0 Å². The molecule has 29 heavy (non-hydrogen) atoms. The molecule has 0 saturated carbocycles. The van der Waals surface area contributed by atoms with Crippen molar-refractivity contribution in [2.24, 2.45) is 0 Å². The number of hydrogen-bond acceptors (Lipinski definition) is 9. The molecule has 3 rings (SSSR count). The lowest BCUT2D eigenvalue weighted by Gasteiger charge is -2.31. The maximum absolute atomic E-state index is 12.9. The lowest BCUT2D eigenvalue weighted by Crippen LogP contribution is -2.53. The van der Waals surface area contributed by atoms with Gasteiger partial charge in [0.1, 0.15) is 11.3 Å². The number of amides is 2. The van der Waals surface area contributed by atoms with E-state index in [1.165, 1.54) is 16.2 Å². The Labute approximate surface area is 172 Å². The van der Waals surface area contributed by atoms with Crippen LogP contribution in [0.4, 0.5) is 5.95 Å². The molecule has 3 heterocycles. The predicted octanol–water partition coefficient (Wildman–Crippen LogP) is -0.305. The average Bonchev–Trinajstić information content (AvgIpc) is 3.13. The summed E-state index contributed by atoms with van der Waals surface area (Å²) < 4.78 is 5.48. The number of nitrogen functional groups attached to an aromatic ring is 1. The number of nitrogens with two attached hydrogens (primary N) is 1. The maximum Gasteiger partial charge on any atom is 0.270 e. The van der Waals surface area contributed by atoms with E-state index < -0.39 is 5.60 Å². The number of aryl methyl sites for hydroxylation is 2. The Morgan fingerprint density at radius 3 is 2.76 bits per heavy atom. The van der Waals surface area contributed by atoms with Gasteiger partial charge < -0.3 is 25.8 Å². The molecule has 2 aromatic heterocycles. The fourth-order valence-electron chi connectivity index (χ4n) is 3.18. The van der Waals surface area contributed by atoms with Crippen molar-refractivity contribution in [3.8, 4) is 0 Å². The largest absolute Gasteiger partial charge is 0.384 e. The van der Waals surface area contributed by atoms with Crippen LogP contribution in [0.3, 0.4) is 0 Å². The Hall–Kier alpha value is -2.63. The van der Waals surface area contributed by atoms with Crippen LogP contribution in [-0.4, -0.2) is 75.2 Å². The van der Waals surface area contributed by atoms with Crippen LogP contribution in [-0.2, 0) is 16.0 Å². The van der Waals surface area contributed by atoms with Crippen LogP contribution in [0.1, 0.15) is 27.4 Å². The molecular weight excluding hydrogens is 396 g/mol. The first-order valence-corrected chi connectivity index (χ1v) is 10.1. The van der Waals surface area contributed by atoms with Crippen molar-refractivity contribution in [2.75, 3.05) is 38.6 Å². The molecule has 10 nitrogen and oxygen atoms in total. The highest BCUT2D eigenvalue weighted by molar-refractivity contribution is 7.07. The lowest BCUT2D eigenvalue weighted by molar-refractivity contribution is -0.133. The van der Waals surface area contributed by atoms with Crippen molar-refractivity contribution in [1.82, 2.24) is 25.2 Å². The molecule has 0 aliphatic carbocycles. The molecule has 1 atom stereocenters. The number of aromatic nitrogens is 3. The zero-order valence-electron chi connectivity index (χ0n) is 16.3. The second-order valence-electron chi connectivity index (χ2n) is 7.06. The Bertz CT molecular complexity index is 867. The average molecular weight is 420 g/mol. The van der Waals surface area contributed by atoms with Gasteiger partial charge in [-0.05, 0) is 13.8 Å². The van der Waals surface area contributed by atoms with Gasteiger partial charge in [-0.2, -0.15) is 0 Å². The highest BCUT2D eigenvalue weighted by Gasteiger charge is 2.35. The van der Waals surface area contributed by atoms with E-state index in [9.17, 15) is 14.7 Å². The Morgan fingerprint density at radius 1 is 1.38 bits per heavy atom. The summed E-state index contributed by atoms with van der Waals surface area (Å²) >= 11 is 1.31. The minimum absolute atomic E-state index is 0.0111. The molecule has 0 radical (unpaired) electrons. The number of nitrogens with one attached hydrogen (secondary N) is 1. The third-order valence-corrected chi connectivity index (χ3v) is 5.31. The number of β-amino-alcohol motifs (C(OH)–C–C–N with tert-alkyl or cyclic N) is 1. The topological polar surface area (TPSA) is 144 Å². The van der Waals surface area contributed by atoms with E-state index in [1.807, 2.05) is 0 Å². The van der Waals surface area contributed by atoms with Gasteiger partial charge >= 0.3 is 0 Å². The van der Waals surface area contributed by atoms with E-state index in [2.05, 4.69) is 20.3 Å². The smallest absolute Gasteiger partial charge is 0.270 e. The number of thiazole rings is 1. The Balaban J connectivity index is 1.66. The molecular formula is C18H24N6O4S. The van der Waals surface area contributed by atoms with Crippen LogP contribution < -0.4 is 11.1 Å². The standard InChI is InChI=1S/C18H24N6O4S/c1-11-13(12(2)23-17(19)22-11)5-15(25)24-3-4-28-9-18(27,8-24)7-20-16(26)14-6-29-10-21-14/h6,10,27H,3-5,7-9H2,1-2H3,(H,20,26)(H2,19,22,23)/t18-/m0/s1. The summed E-state index contributed by atoms with van der Waals surface area (Å²) in [5.41, 5.74) is 8.11. The van der Waals surface area contributed by atoms with Gasteiger partial charge in [-0.1, -0.05) is 0 Å². The third-order valence-electron chi connectivity index (χ3n) is 4.72. The molecule has 2 amide bonds. The summed E-state index contributed by atoms with van der Waals surface area (Å²) in [5, 5.41) is 15.2. The molecule has 1 saturated heterocycles. The monoisotopic (exact) mass is 420 g/mol. The number of ether oxygens (including phenoxy) is 1. The number of rotatable bonds is 5. The SMILES string of the molecule is Cc1nc(N)nc(C)c1CC(=O)N1CCOC[C@](O)(CNC(=O)c2cscn2)C1. The molecule has 0 aromatic carbocycles. The molecule has 0 unspecified atom stereocenters. The highest BCUT2D eigenvalue weighted by atomic mass is 32.1. The van der Waals surface area contributed by atoms with Crippen LogP contribution in [0.5, 0.6) is 0 Å². The first-order valence-electron chi connectivity index (χ1n) is 9.11. The van der Waals surface area contributed by atoms with Gasteiger partial charge in [-0.15, -0.1) is 11.3 Å². The van der Waals surface area contributed by atoms with Gasteiger partial charge in [0, 0.05) is 28.9 Å². The first-order chi connectivity index (χ1) is 13.8. The van der Waals surface area contributed by atoms with Crippen molar-refractivity contribution in [3.05, 3.63) is 33.5 Å². The predicted molar refractivity (Wildman–Crippen MR) is 106 cm³/mol. The van der Waals surface area contributed by atoms with Crippen LogP contribution in [0.2, 0.25) is 0 Å². The molecule has 11 heteroatoms. The van der Waals surface area contributed by atoms with Crippen molar-refractivity contribution >= 4 is 29.1 Å². The molecule has 4 N–H and O–H groups in total. The number of anilines is 1. The van der Waals surface area contributed by atoms with Crippen LogP contribution in [0.25, 0.3) is 0 Å². The van der Waals surface area contributed by atoms with E-state index in [0.717, 1.165) is 5.56 Å². The normalized spacial score (nSPS) is 19.6. The molecule has 156 valence electrons. The fraction of sp³-hybridized carbons (Fsp3) is 0.500. The van der Waals surface area contributed by atoms with Gasteiger partial charge in [0.05, 0.1) is 38.2 Å². The van der Waals surface area contributed by atoms with Gasteiger partial charge in [-0.3, -0.25) is 9.59 Å². The van der Waals surface area contributed by atoms with E-state index in [0.29, 0.717) is 24.5 Å². The zero-order valence-corrected chi connectivity index (χ0v) is 17.2. The number of nitrogens with zero attached hydrogens (tertiary/aromatic N) is 4. The Kier molecular flexibility index (Phi) is 6.40. The van der Waals surface area contributed by atoms with Crippen molar-refractivity contribution in [3.63, 3.8) is 0 Å². The number of aliphatic hydroxyl groups is 1. The number of hydrogen-bond donors (Lipinski definition) is 3. The summed E-state index contributed by atoms with van der Waals surface area (Å²) in [4.78, 5) is 38.7. The highest BCUT2D eigenvalue weighted by Crippen LogP contribution is 2.17. The Morgan fingerprint density at radius 2 is 2.10 bits per heavy atom. The molecule has 0 spiro atoms. The quantitative estimate of drug-likeness (QED) is 0.598. The third kappa shape index (κ3) is 5.25. The first kappa shape index (κ1) is 21.1. The zero-order chi connectivity index (χ0) is 21.0. The van der Waals surface area contributed by atoms with Gasteiger partial charge in [0.2, 0.25) is 11.9 Å². The minimum Gasteiger partial charge on any atom is -0.384 e. The fourth-order valence-corrected chi connectivity index (χ4v) is 3.71. The van der Waals surface area contributed by atoms with E-state index >= 15 is 0 Å². The van der Waals surface area contributed by atoms with Crippen LogP contribution in [0.15, 0.2) is 10.9 Å². The van der Waals surface area contributed by atoms with Gasteiger partial charge in [0.15, 0.2) is 0 Å². The minimum atomic E-state index is -1.40. The molecule has 2 aromatic rings. The van der Waals surface area contributed by atoms with Crippen LogP contribution in [0, 0.1) is 13.8 Å². The molecule has 1 aliphatic heterocycles. The molecule has 1 fully saturated rings.